The van der Waals surface area contributed by atoms with Crippen molar-refractivity contribution >= 4 is 29.0 Å². The van der Waals surface area contributed by atoms with Gasteiger partial charge in [0.25, 0.3) is 0 Å². The first kappa shape index (κ1) is 20.2. The Morgan fingerprint density at radius 3 is 1.50 bits per heavy atom. The number of hydrogen-bond acceptors (Lipinski definition) is 5. The van der Waals surface area contributed by atoms with Crippen molar-refractivity contribution < 1.29 is 24.5 Å². The van der Waals surface area contributed by atoms with E-state index in [0.717, 1.165) is 0 Å². The molecule has 140 valence electrons. The van der Waals surface area contributed by atoms with Gasteiger partial charge in [0, 0.05) is 24.0 Å². The van der Waals surface area contributed by atoms with Crippen LogP contribution in [0.1, 0.15) is 36.8 Å². The molecular weight excluding hydrogens is 379 g/mol. The molecule has 0 fully saturated rings. The van der Waals surface area contributed by atoms with E-state index in [4.69, 9.17) is 32.7 Å². The number of halogens is 2. The van der Waals surface area contributed by atoms with Crippen LogP contribution in [0.15, 0.2) is 24.3 Å². The van der Waals surface area contributed by atoms with Crippen molar-refractivity contribution in [3.63, 3.8) is 0 Å². The molecule has 0 aliphatic heterocycles. The molecule has 0 bridgehead atoms. The number of benzene rings is 2. The summed E-state index contributed by atoms with van der Waals surface area (Å²) >= 11 is 12.6. The second kappa shape index (κ2) is 8.06. The SMILES string of the molecule is COc1cc(O)cc(C(C)C(=O)C(C)c2cc(O)cc(OC)c2Cl)c1Cl. The fourth-order valence-corrected chi connectivity index (χ4v) is 3.52. The Morgan fingerprint density at radius 1 is 0.846 bits per heavy atom. The van der Waals surface area contributed by atoms with Crippen LogP contribution in [0.5, 0.6) is 23.0 Å². The fraction of sp³-hybridized carbons (Fsp3) is 0.316. The number of methoxy groups -OCH3 is 2. The third kappa shape index (κ3) is 3.84. The minimum absolute atomic E-state index is 0.0504. The van der Waals surface area contributed by atoms with Gasteiger partial charge in [-0.2, -0.15) is 0 Å². The normalized spacial score (nSPS) is 13.2. The number of aromatic hydroxyl groups is 2. The molecule has 0 aliphatic rings. The van der Waals surface area contributed by atoms with Gasteiger partial charge in [0.2, 0.25) is 0 Å². The van der Waals surface area contributed by atoms with Crippen LogP contribution in [0.3, 0.4) is 0 Å². The predicted octanol–water partition coefficient (Wildman–Crippen LogP) is 4.90. The summed E-state index contributed by atoms with van der Waals surface area (Å²) in [5.41, 5.74) is 0.896. The highest BCUT2D eigenvalue weighted by molar-refractivity contribution is 6.34. The molecule has 5 nitrogen and oxygen atoms in total. The van der Waals surface area contributed by atoms with E-state index in [-0.39, 0.29) is 38.8 Å². The van der Waals surface area contributed by atoms with E-state index in [0.29, 0.717) is 11.1 Å². The quantitative estimate of drug-likeness (QED) is 0.723. The summed E-state index contributed by atoms with van der Waals surface area (Å²) in [6.07, 6.45) is 0. The van der Waals surface area contributed by atoms with Gasteiger partial charge in [-0.05, 0) is 23.3 Å². The second-order valence-corrected chi connectivity index (χ2v) is 6.70. The summed E-state index contributed by atoms with van der Waals surface area (Å²) in [6.45, 7) is 3.37. The molecule has 2 aromatic rings. The molecule has 0 amide bonds. The molecule has 2 N–H and O–H groups in total. The van der Waals surface area contributed by atoms with E-state index >= 15 is 0 Å². The van der Waals surface area contributed by atoms with Crippen LogP contribution < -0.4 is 9.47 Å². The molecule has 2 atom stereocenters. The summed E-state index contributed by atoms with van der Waals surface area (Å²) < 4.78 is 10.3. The highest BCUT2D eigenvalue weighted by Crippen LogP contribution is 2.41. The third-order valence-electron chi connectivity index (χ3n) is 4.33. The molecule has 2 aromatic carbocycles. The van der Waals surface area contributed by atoms with Crippen molar-refractivity contribution in [3.8, 4) is 23.0 Å². The first-order chi connectivity index (χ1) is 12.2. The van der Waals surface area contributed by atoms with Gasteiger partial charge in [0.15, 0.2) is 0 Å². The van der Waals surface area contributed by atoms with Crippen LogP contribution in [0.4, 0.5) is 0 Å². The minimum Gasteiger partial charge on any atom is -0.508 e. The molecule has 0 aliphatic carbocycles. The zero-order valence-electron chi connectivity index (χ0n) is 14.8. The second-order valence-electron chi connectivity index (χ2n) is 5.95. The Balaban J connectivity index is 2.44. The number of hydrogen-bond donors (Lipinski definition) is 2. The van der Waals surface area contributed by atoms with Gasteiger partial charge >= 0.3 is 0 Å². The maximum Gasteiger partial charge on any atom is 0.147 e. The molecule has 2 rings (SSSR count). The van der Waals surface area contributed by atoms with Crippen LogP contribution in [0.25, 0.3) is 0 Å². The van der Waals surface area contributed by atoms with Gasteiger partial charge in [0.1, 0.15) is 28.8 Å². The molecule has 2 unspecified atom stereocenters. The van der Waals surface area contributed by atoms with Crippen molar-refractivity contribution in [2.24, 2.45) is 0 Å². The van der Waals surface area contributed by atoms with E-state index in [1.165, 1.54) is 38.5 Å². The van der Waals surface area contributed by atoms with Crippen molar-refractivity contribution in [1.82, 2.24) is 0 Å². The smallest absolute Gasteiger partial charge is 0.147 e. The van der Waals surface area contributed by atoms with Crippen LogP contribution in [0, 0.1) is 0 Å². The molecule has 26 heavy (non-hydrogen) atoms. The van der Waals surface area contributed by atoms with E-state index in [1.54, 1.807) is 13.8 Å². The van der Waals surface area contributed by atoms with E-state index in [9.17, 15) is 15.0 Å². The Morgan fingerprint density at radius 2 is 1.19 bits per heavy atom. The zero-order chi connectivity index (χ0) is 19.6. The van der Waals surface area contributed by atoms with E-state index in [2.05, 4.69) is 0 Å². The number of phenols is 2. The summed E-state index contributed by atoms with van der Waals surface area (Å²) in [5.74, 6) is -0.992. The summed E-state index contributed by atoms with van der Waals surface area (Å²) in [5, 5.41) is 20.3. The number of ether oxygens (including phenoxy) is 2. The topological polar surface area (TPSA) is 76.0 Å². The number of Topliss-reactive ketones (excluding diaryl/α,β-unsaturated/α-hetero) is 1. The van der Waals surface area contributed by atoms with Crippen LogP contribution in [-0.4, -0.2) is 30.2 Å². The van der Waals surface area contributed by atoms with Crippen LogP contribution >= 0.6 is 23.2 Å². The first-order valence-corrected chi connectivity index (χ1v) is 8.63. The van der Waals surface area contributed by atoms with Gasteiger partial charge in [-0.3, -0.25) is 4.79 Å². The van der Waals surface area contributed by atoms with Crippen molar-refractivity contribution in [2.45, 2.75) is 25.7 Å². The molecule has 0 aromatic heterocycles. The predicted molar refractivity (Wildman–Crippen MR) is 101 cm³/mol. The van der Waals surface area contributed by atoms with Gasteiger partial charge in [0.05, 0.1) is 24.3 Å². The molecule has 0 heterocycles. The molecule has 0 spiro atoms. The lowest BCUT2D eigenvalue weighted by molar-refractivity contribution is -0.121. The monoisotopic (exact) mass is 398 g/mol. The third-order valence-corrected chi connectivity index (χ3v) is 5.14. The zero-order valence-corrected chi connectivity index (χ0v) is 16.4. The Kier molecular flexibility index (Phi) is 6.26. The molecular formula is C19H20Cl2O5. The Hall–Kier alpha value is -2.11. The lowest BCUT2D eigenvalue weighted by atomic mass is 9.85. The molecule has 7 heteroatoms. The average Bonchev–Trinajstić information content (AvgIpc) is 2.62. The van der Waals surface area contributed by atoms with Crippen LogP contribution in [-0.2, 0) is 4.79 Å². The van der Waals surface area contributed by atoms with Crippen LogP contribution in [0.2, 0.25) is 10.0 Å². The average molecular weight is 399 g/mol. The number of carbonyl (C=O) groups excluding carboxylic acids is 1. The van der Waals surface area contributed by atoms with E-state index in [1.807, 2.05) is 0 Å². The van der Waals surface area contributed by atoms with E-state index < -0.39 is 11.8 Å². The van der Waals surface area contributed by atoms with Crippen molar-refractivity contribution in [3.05, 3.63) is 45.4 Å². The Bertz CT molecular complexity index is 768. The lowest BCUT2D eigenvalue weighted by Gasteiger charge is -2.21. The lowest BCUT2D eigenvalue weighted by Crippen LogP contribution is -2.17. The number of ketones is 1. The van der Waals surface area contributed by atoms with Gasteiger partial charge < -0.3 is 19.7 Å². The maximum atomic E-state index is 13.0. The number of phenolic OH excluding ortho intramolecular Hbond substituents is 2. The van der Waals surface area contributed by atoms with Gasteiger partial charge in [-0.15, -0.1) is 0 Å². The first-order valence-electron chi connectivity index (χ1n) is 7.87. The van der Waals surface area contributed by atoms with Crippen molar-refractivity contribution in [2.75, 3.05) is 14.2 Å². The summed E-state index contributed by atoms with van der Waals surface area (Å²) in [6, 6.07) is 5.63. The summed E-state index contributed by atoms with van der Waals surface area (Å²) in [4.78, 5) is 13.0. The highest BCUT2D eigenvalue weighted by Gasteiger charge is 2.28. The molecule has 0 saturated carbocycles. The van der Waals surface area contributed by atoms with Gasteiger partial charge in [-0.1, -0.05) is 37.0 Å². The minimum atomic E-state index is -0.636. The Labute approximate surface area is 162 Å². The molecule has 0 saturated heterocycles. The van der Waals surface area contributed by atoms with Gasteiger partial charge in [-0.25, -0.2) is 0 Å². The number of rotatable bonds is 6. The molecule has 0 radical (unpaired) electrons. The standard InChI is InChI=1S/C19H20Cl2O5/c1-9(13-5-11(22)7-15(25-3)17(13)20)19(24)10(2)14-6-12(23)8-16(26-4)18(14)21/h5-10,22-23H,1-4H3. The highest BCUT2D eigenvalue weighted by atomic mass is 35.5. The maximum absolute atomic E-state index is 13.0. The fourth-order valence-electron chi connectivity index (χ4n) is 2.82. The largest absolute Gasteiger partial charge is 0.508 e. The summed E-state index contributed by atoms with van der Waals surface area (Å²) in [7, 11) is 2.86. The number of carbonyl (C=O) groups is 1. The van der Waals surface area contributed by atoms with Crippen molar-refractivity contribution in [1.29, 1.82) is 0 Å².